The SMILES string of the molecule is CC1C(=O)N(C)CCN1S(=O)(=O)c1ccccc1-c1ccnc2[nH]ccc12. The Morgan fingerprint density at radius 3 is 2.70 bits per heavy atom. The fraction of sp³-hybridized carbons (Fsp3) is 0.263. The summed E-state index contributed by atoms with van der Waals surface area (Å²) in [7, 11) is -2.15. The van der Waals surface area contributed by atoms with Crippen LogP contribution in [0.25, 0.3) is 22.2 Å². The quantitative estimate of drug-likeness (QED) is 0.749. The molecule has 3 heterocycles. The molecule has 0 bridgehead atoms. The number of nitrogens with zero attached hydrogens (tertiary/aromatic N) is 3. The second-order valence-electron chi connectivity index (χ2n) is 6.65. The van der Waals surface area contributed by atoms with Gasteiger partial charge in [-0.25, -0.2) is 13.4 Å². The summed E-state index contributed by atoms with van der Waals surface area (Å²) in [6.07, 6.45) is 3.43. The van der Waals surface area contributed by atoms with E-state index in [1.54, 1.807) is 49.5 Å². The molecule has 1 N–H and O–H groups in total. The Labute approximate surface area is 157 Å². The zero-order chi connectivity index (χ0) is 19.2. The summed E-state index contributed by atoms with van der Waals surface area (Å²) in [5, 5.41) is 0.850. The number of aromatic nitrogens is 2. The smallest absolute Gasteiger partial charge is 0.244 e. The number of benzene rings is 1. The van der Waals surface area contributed by atoms with Crippen molar-refractivity contribution in [2.24, 2.45) is 0 Å². The number of carbonyl (C=O) groups excluding carboxylic acids is 1. The number of sulfonamides is 1. The van der Waals surface area contributed by atoms with Gasteiger partial charge < -0.3 is 9.88 Å². The Hall–Kier alpha value is -2.71. The van der Waals surface area contributed by atoms with Gasteiger partial charge in [-0.1, -0.05) is 18.2 Å². The average Bonchev–Trinajstić information content (AvgIpc) is 3.15. The first-order valence-corrected chi connectivity index (χ1v) is 10.1. The molecule has 8 heteroatoms. The van der Waals surface area contributed by atoms with Gasteiger partial charge >= 0.3 is 0 Å². The number of fused-ring (bicyclic) bond motifs is 1. The van der Waals surface area contributed by atoms with E-state index in [2.05, 4.69) is 9.97 Å². The van der Waals surface area contributed by atoms with Crippen LogP contribution in [0.5, 0.6) is 0 Å². The van der Waals surface area contributed by atoms with Gasteiger partial charge in [0.05, 0.1) is 4.90 Å². The van der Waals surface area contributed by atoms with Crippen molar-refractivity contribution in [1.29, 1.82) is 0 Å². The third-order valence-corrected chi connectivity index (χ3v) is 7.07. The summed E-state index contributed by atoms with van der Waals surface area (Å²) in [5.74, 6) is -0.195. The van der Waals surface area contributed by atoms with Gasteiger partial charge in [-0.3, -0.25) is 4.79 Å². The lowest BCUT2D eigenvalue weighted by Gasteiger charge is -2.36. The number of H-pyrrole nitrogens is 1. The van der Waals surface area contributed by atoms with Gasteiger partial charge in [0, 0.05) is 43.5 Å². The summed E-state index contributed by atoms with van der Waals surface area (Å²) in [6, 6.07) is 9.86. The Bertz CT molecular complexity index is 1120. The molecule has 1 unspecified atom stereocenters. The highest BCUT2D eigenvalue weighted by atomic mass is 32.2. The molecule has 140 valence electrons. The van der Waals surface area contributed by atoms with Gasteiger partial charge in [-0.15, -0.1) is 0 Å². The minimum Gasteiger partial charge on any atom is -0.346 e. The fourth-order valence-corrected chi connectivity index (χ4v) is 5.35. The number of rotatable bonds is 3. The van der Waals surface area contributed by atoms with Crippen LogP contribution in [-0.4, -0.2) is 59.7 Å². The molecule has 0 saturated carbocycles. The van der Waals surface area contributed by atoms with Gasteiger partial charge in [0.15, 0.2) is 0 Å². The Kier molecular flexibility index (Phi) is 4.24. The number of hydrogen-bond acceptors (Lipinski definition) is 4. The van der Waals surface area contributed by atoms with Gasteiger partial charge in [-0.2, -0.15) is 4.31 Å². The molecule has 1 aliphatic rings. The van der Waals surface area contributed by atoms with Gasteiger partial charge in [0.25, 0.3) is 0 Å². The molecule has 1 aromatic carbocycles. The van der Waals surface area contributed by atoms with Crippen molar-refractivity contribution >= 4 is 27.0 Å². The average molecular weight is 384 g/mol. The molecule has 1 fully saturated rings. The lowest BCUT2D eigenvalue weighted by Crippen LogP contribution is -2.56. The van der Waals surface area contributed by atoms with Crippen molar-refractivity contribution in [2.45, 2.75) is 17.9 Å². The molecule has 27 heavy (non-hydrogen) atoms. The number of amides is 1. The summed E-state index contributed by atoms with van der Waals surface area (Å²) in [4.78, 5) is 21.4. The van der Waals surface area contributed by atoms with E-state index in [0.717, 1.165) is 10.9 Å². The van der Waals surface area contributed by atoms with Gasteiger partial charge in [0.2, 0.25) is 15.9 Å². The molecule has 0 radical (unpaired) electrons. The molecule has 1 atom stereocenters. The normalized spacial score (nSPS) is 19.0. The number of carbonyl (C=O) groups is 1. The molecule has 0 aliphatic carbocycles. The standard InChI is InChI=1S/C19H20N4O3S/c1-13-19(24)22(2)11-12-23(13)27(25,26)17-6-4-3-5-15(17)14-7-9-20-18-16(14)8-10-21-18/h3-10,13H,11-12H2,1-2H3,(H,20,21). The lowest BCUT2D eigenvalue weighted by atomic mass is 10.0. The molecule has 0 spiro atoms. The van der Waals surface area contributed by atoms with E-state index < -0.39 is 16.1 Å². The fourth-order valence-electron chi connectivity index (χ4n) is 3.56. The molecule has 1 saturated heterocycles. The van der Waals surface area contributed by atoms with E-state index in [1.807, 2.05) is 18.2 Å². The van der Waals surface area contributed by atoms with Crippen LogP contribution in [0, 0.1) is 0 Å². The summed E-state index contributed by atoms with van der Waals surface area (Å²) < 4.78 is 28.2. The molecule has 1 aliphatic heterocycles. The van der Waals surface area contributed by atoms with Crippen LogP contribution < -0.4 is 0 Å². The first-order valence-electron chi connectivity index (χ1n) is 8.69. The van der Waals surface area contributed by atoms with Crippen molar-refractivity contribution < 1.29 is 13.2 Å². The van der Waals surface area contributed by atoms with Crippen molar-refractivity contribution in [2.75, 3.05) is 20.1 Å². The maximum Gasteiger partial charge on any atom is 0.244 e. The van der Waals surface area contributed by atoms with Crippen molar-refractivity contribution in [3.05, 3.63) is 48.8 Å². The molecular weight excluding hydrogens is 364 g/mol. The van der Waals surface area contributed by atoms with Crippen molar-refractivity contribution in [3.8, 4) is 11.1 Å². The first kappa shape index (κ1) is 17.7. The number of hydrogen-bond donors (Lipinski definition) is 1. The summed E-state index contributed by atoms with van der Waals surface area (Å²) in [5.41, 5.74) is 2.08. The second-order valence-corrected chi connectivity index (χ2v) is 8.51. The molecule has 4 rings (SSSR count). The maximum atomic E-state index is 13.5. The Balaban J connectivity index is 1.86. The predicted octanol–water partition coefficient (Wildman–Crippen LogP) is 2.08. The van der Waals surface area contributed by atoms with Crippen molar-refractivity contribution in [1.82, 2.24) is 19.2 Å². The van der Waals surface area contributed by atoms with Crippen LogP contribution in [0.2, 0.25) is 0 Å². The highest BCUT2D eigenvalue weighted by Crippen LogP contribution is 2.34. The Morgan fingerprint density at radius 1 is 1.11 bits per heavy atom. The minimum atomic E-state index is -3.84. The van der Waals surface area contributed by atoms with E-state index >= 15 is 0 Å². The number of pyridine rings is 1. The van der Waals surface area contributed by atoms with Crippen LogP contribution in [0.3, 0.4) is 0 Å². The number of piperazine rings is 1. The first-order chi connectivity index (χ1) is 12.9. The van der Waals surface area contributed by atoms with Crippen LogP contribution in [0.15, 0.2) is 53.7 Å². The van der Waals surface area contributed by atoms with Crippen LogP contribution in [-0.2, 0) is 14.8 Å². The summed E-state index contributed by atoms with van der Waals surface area (Å²) >= 11 is 0. The van der Waals surface area contributed by atoms with Crippen LogP contribution in [0.1, 0.15) is 6.92 Å². The van der Waals surface area contributed by atoms with E-state index in [0.29, 0.717) is 17.8 Å². The molecule has 2 aromatic heterocycles. The van der Waals surface area contributed by atoms with Gasteiger partial charge in [0.1, 0.15) is 11.7 Å². The monoisotopic (exact) mass is 384 g/mol. The molecule has 3 aromatic rings. The zero-order valence-corrected chi connectivity index (χ0v) is 15.9. The topological polar surface area (TPSA) is 86.4 Å². The summed E-state index contributed by atoms with van der Waals surface area (Å²) in [6.45, 7) is 2.28. The molecular formula is C19H20N4O3S. The van der Waals surface area contributed by atoms with E-state index in [4.69, 9.17) is 0 Å². The lowest BCUT2D eigenvalue weighted by molar-refractivity contribution is -0.136. The van der Waals surface area contributed by atoms with Crippen LogP contribution >= 0.6 is 0 Å². The second kappa shape index (κ2) is 6.47. The highest BCUT2D eigenvalue weighted by molar-refractivity contribution is 7.89. The highest BCUT2D eigenvalue weighted by Gasteiger charge is 2.38. The van der Waals surface area contributed by atoms with E-state index in [1.165, 1.54) is 4.31 Å². The van der Waals surface area contributed by atoms with E-state index in [9.17, 15) is 13.2 Å². The Morgan fingerprint density at radius 2 is 1.89 bits per heavy atom. The molecule has 7 nitrogen and oxygen atoms in total. The maximum absolute atomic E-state index is 13.5. The minimum absolute atomic E-state index is 0.195. The van der Waals surface area contributed by atoms with Crippen molar-refractivity contribution in [3.63, 3.8) is 0 Å². The predicted molar refractivity (Wildman–Crippen MR) is 103 cm³/mol. The van der Waals surface area contributed by atoms with E-state index in [-0.39, 0.29) is 17.3 Å². The number of likely N-dealkylation sites (N-methyl/N-ethyl adjacent to an activating group) is 1. The van der Waals surface area contributed by atoms with Gasteiger partial charge in [-0.05, 0) is 30.7 Å². The zero-order valence-electron chi connectivity index (χ0n) is 15.1. The number of nitrogens with one attached hydrogen (secondary N) is 1. The third-order valence-electron chi connectivity index (χ3n) is 5.05. The largest absolute Gasteiger partial charge is 0.346 e. The number of aromatic amines is 1. The third kappa shape index (κ3) is 2.81. The molecule has 1 amide bonds. The van der Waals surface area contributed by atoms with Crippen LogP contribution in [0.4, 0.5) is 0 Å².